The zero-order valence-electron chi connectivity index (χ0n) is 22.6. The molecule has 1 aliphatic rings. The fourth-order valence-electron chi connectivity index (χ4n) is 4.62. The lowest BCUT2D eigenvalue weighted by atomic mass is 9.77. The summed E-state index contributed by atoms with van der Waals surface area (Å²) in [6, 6.07) is 12.8. The molecular weight excluding hydrogens is 523 g/mol. The van der Waals surface area contributed by atoms with E-state index in [4.69, 9.17) is 9.47 Å². The number of hydrogen-bond donors (Lipinski definition) is 2. The van der Waals surface area contributed by atoms with Gasteiger partial charge in [-0.1, -0.05) is 25.5 Å². The molecule has 3 aromatic rings. The van der Waals surface area contributed by atoms with E-state index in [1.54, 1.807) is 36.5 Å². The molecule has 1 aliphatic carbocycles. The molecule has 0 radical (unpaired) electrons. The van der Waals surface area contributed by atoms with E-state index in [-0.39, 0.29) is 6.61 Å². The molecule has 10 heteroatoms. The number of ketones is 1. The molecule has 0 amide bonds. The molecular formula is C30H32F3N3O4. The van der Waals surface area contributed by atoms with Gasteiger partial charge in [0.25, 0.3) is 0 Å². The number of carbonyl (C=O) groups excluding carboxylic acids is 1. The second-order valence-corrected chi connectivity index (χ2v) is 9.87. The zero-order chi connectivity index (χ0) is 28.9. The third kappa shape index (κ3) is 6.91. The fourth-order valence-corrected chi connectivity index (χ4v) is 4.62. The van der Waals surface area contributed by atoms with Crippen LogP contribution in [0.3, 0.4) is 0 Å². The number of carbonyl (C=O) groups is 1. The number of halogens is 3. The molecule has 2 N–H and O–H groups in total. The second kappa shape index (κ2) is 12.4. The molecule has 4 rings (SSSR count). The van der Waals surface area contributed by atoms with Crippen molar-refractivity contribution in [1.29, 1.82) is 0 Å². The second-order valence-electron chi connectivity index (χ2n) is 9.87. The van der Waals surface area contributed by atoms with Crippen molar-refractivity contribution in [3.05, 3.63) is 77.0 Å². The maximum atomic E-state index is 13.6. The largest absolute Gasteiger partial charge is 0.506 e. The zero-order valence-corrected chi connectivity index (χ0v) is 22.6. The predicted molar refractivity (Wildman–Crippen MR) is 145 cm³/mol. The van der Waals surface area contributed by atoms with E-state index in [0.29, 0.717) is 29.2 Å². The molecule has 2 unspecified atom stereocenters. The number of hydrogen-bond acceptors (Lipinski definition) is 7. The van der Waals surface area contributed by atoms with Crippen LogP contribution in [-0.2, 0) is 12.8 Å². The van der Waals surface area contributed by atoms with Crippen LogP contribution in [0.2, 0.25) is 0 Å². The minimum absolute atomic E-state index is 0.232. The van der Waals surface area contributed by atoms with Crippen molar-refractivity contribution in [2.45, 2.75) is 65.3 Å². The first kappa shape index (κ1) is 28.9. The van der Waals surface area contributed by atoms with Gasteiger partial charge >= 0.3 is 6.18 Å². The summed E-state index contributed by atoms with van der Waals surface area (Å²) < 4.78 is 52.2. The van der Waals surface area contributed by atoms with Crippen molar-refractivity contribution in [3.63, 3.8) is 0 Å². The Labute approximate surface area is 231 Å². The van der Waals surface area contributed by atoms with E-state index < -0.39 is 34.6 Å². The van der Waals surface area contributed by atoms with Gasteiger partial charge in [0.15, 0.2) is 5.78 Å². The van der Waals surface area contributed by atoms with Gasteiger partial charge in [-0.15, -0.1) is 0 Å². The monoisotopic (exact) mass is 555 g/mol. The van der Waals surface area contributed by atoms with Gasteiger partial charge in [0.05, 0.1) is 11.3 Å². The van der Waals surface area contributed by atoms with Crippen LogP contribution in [-0.4, -0.2) is 27.6 Å². The Kier molecular flexibility index (Phi) is 8.96. The number of rotatable bonds is 11. The van der Waals surface area contributed by atoms with Crippen molar-refractivity contribution in [1.82, 2.24) is 10.4 Å². The Morgan fingerprint density at radius 3 is 2.62 bits per heavy atom. The molecule has 0 aliphatic heterocycles. The van der Waals surface area contributed by atoms with E-state index in [1.165, 1.54) is 12.8 Å². The van der Waals surface area contributed by atoms with Crippen LogP contribution in [0.25, 0.3) is 0 Å². The van der Waals surface area contributed by atoms with Gasteiger partial charge in [-0.3, -0.25) is 4.79 Å². The summed E-state index contributed by atoms with van der Waals surface area (Å²) in [7, 11) is 0. The van der Waals surface area contributed by atoms with Gasteiger partial charge in [0, 0.05) is 23.9 Å². The molecule has 40 heavy (non-hydrogen) atoms. The molecule has 0 bridgehead atoms. The number of benzene rings is 2. The van der Waals surface area contributed by atoms with Crippen LogP contribution in [0.1, 0.15) is 73.5 Å². The van der Waals surface area contributed by atoms with Gasteiger partial charge in [-0.2, -0.15) is 18.3 Å². The van der Waals surface area contributed by atoms with E-state index in [1.807, 2.05) is 13.0 Å². The minimum Gasteiger partial charge on any atom is -0.506 e. The van der Waals surface area contributed by atoms with Gasteiger partial charge in [0.1, 0.15) is 29.4 Å². The molecule has 1 heterocycles. The van der Waals surface area contributed by atoms with Gasteiger partial charge in [0.2, 0.25) is 5.88 Å². The summed E-state index contributed by atoms with van der Waals surface area (Å²) in [6.07, 6.45) is 1.41. The van der Waals surface area contributed by atoms with Crippen molar-refractivity contribution in [2.24, 2.45) is 11.0 Å². The number of pyridine rings is 1. The topological polar surface area (TPSA) is 93.0 Å². The van der Waals surface area contributed by atoms with Crippen LogP contribution in [0.15, 0.2) is 59.8 Å². The lowest BCUT2D eigenvalue weighted by Crippen LogP contribution is -2.41. The van der Waals surface area contributed by atoms with Crippen molar-refractivity contribution < 1.29 is 32.5 Å². The smallest absolute Gasteiger partial charge is 0.423 e. The lowest BCUT2D eigenvalue weighted by molar-refractivity contribution is -0.140. The number of nitrogens with zero attached hydrogens (tertiary/aromatic N) is 2. The highest BCUT2D eigenvalue weighted by molar-refractivity contribution is 5.98. The quantitative estimate of drug-likeness (QED) is 0.147. The number of hydrazone groups is 1. The summed E-state index contributed by atoms with van der Waals surface area (Å²) >= 11 is 0. The van der Waals surface area contributed by atoms with Gasteiger partial charge in [-0.05, 0) is 74.9 Å². The molecule has 7 nitrogen and oxygen atoms in total. The Bertz CT molecular complexity index is 1390. The number of aromatic nitrogens is 1. The van der Waals surface area contributed by atoms with Crippen molar-refractivity contribution >= 4 is 11.5 Å². The van der Waals surface area contributed by atoms with Crippen molar-refractivity contribution in [3.8, 4) is 23.1 Å². The van der Waals surface area contributed by atoms with E-state index in [2.05, 4.69) is 22.4 Å². The predicted octanol–water partition coefficient (Wildman–Crippen LogP) is 7.27. The third-order valence-electron chi connectivity index (χ3n) is 6.95. The highest BCUT2D eigenvalue weighted by atomic mass is 19.4. The normalized spacial score (nSPS) is 17.2. The average molecular weight is 556 g/mol. The van der Waals surface area contributed by atoms with E-state index >= 15 is 0 Å². The number of ether oxygens (including phenoxy) is 2. The number of aromatic hydroxyl groups is 1. The number of Topliss-reactive ketones (excluding diaryl/α,β-unsaturated/α-hetero) is 1. The van der Waals surface area contributed by atoms with Crippen LogP contribution < -0.4 is 14.9 Å². The maximum absolute atomic E-state index is 13.6. The van der Waals surface area contributed by atoms with Crippen LogP contribution in [0.5, 0.6) is 23.1 Å². The summed E-state index contributed by atoms with van der Waals surface area (Å²) in [6.45, 7) is 4.95. The van der Waals surface area contributed by atoms with Gasteiger partial charge in [-0.25, -0.2) is 4.98 Å². The average Bonchev–Trinajstić information content (AvgIpc) is 2.89. The molecule has 2 aromatic carbocycles. The summed E-state index contributed by atoms with van der Waals surface area (Å²) in [5, 5.41) is 14.7. The number of nitrogens with one attached hydrogen (secondary N) is 1. The Hall–Kier alpha value is -4.08. The van der Waals surface area contributed by atoms with Crippen LogP contribution in [0.4, 0.5) is 13.2 Å². The Morgan fingerprint density at radius 1 is 1.15 bits per heavy atom. The van der Waals surface area contributed by atoms with Crippen molar-refractivity contribution in [2.75, 3.05) is 0 Å². The molecule has 0 spiro atoms. The Balaban J connectivity index is 1.44. The van der Waals surface area contributed by atoms with E-state index in [0.717, 1.165) is 43.2 Å². The third-order valence-corrected chi connectivity index (χ3v) is 6.95. The first-order valence-corrected chi connectivity index (χ1v) is 13.2. The molecule has 1 saturated carbocycles. The summed E-state index contributed by atoms with van der Waals surface area (Å²) in [5.41, 5.74) is 3.65. The molecule has 1 aromatic heterocycles. The number of phenols is 1. The number of alkyl halides is 3. The summed E-state index contributed by atoms with van der Waals surface area (Å²) in [4.78, 5) is 15.9. The fraction of sp³-hybridized carbons (Fsp3) is 0.367. The molecule has 212 valence electrons. The molecule has 1 fully saturated rings. The first-order chi connectivity index (χ1) is 19.1. The standard InChI is InChI=1S/C30H32F3N3O4/c1-4-6-21-9-11-25(21)36-35-18(2)22-13-14-34-27(16-22)40-23-8-5-7-20(15-23)17-39-26-12-10-24(19(3)37)29(38)28(26)30(31,32)33/h5,7-8,10,12-16,21,25,36,38H,4,6,9,11,17H2,1-3H3/b35-18+. The highest BCUT2D eigenvalue weighted by Gasteiger charge is 2.39. The van der Waals surface area contributed by atoms with Crippen LogP contribution in [0, 0.1) is 5.92 Å². The maximum Gasteiger partial charge on any atom is 0.423 e. The lowest BCUT2D eigenvalue weighted by Gasteiger charge is -2.36. The molecule has 2 atom stereocenters. The summed E-state index contributed by atoms with van der Waals surface area (Å²) in [5.74, 6) is -0.999. The van der Waals surface area contributed by atoms with Crippen LogP contribution >= 0.6 is 0 Å². The minimum atomic E-state index is -4.92. The number of phenolic OH excluding ortho intramolecular Hbond substituents is 1. The SMILES string of the molecule is CCCC1CCC1N/N=C(\C)c1ccnc(Oc2cccc(COc3ccc(C(C)=O)c(O)c3C(F)(F)F)c2)c1. The van der Waals surface area contributed by atoms with E-state index in [9.17, 15) is 23.1 Å². The molecule has 0 saturated heterocycles. The first-order valence-electron chi connectivity index (χ1n) is 13.2. The highest BCUT2D eigenvalue weighted by Crippen LogP contribution is 2.44. The van der Waals surface area contributed by atoms with Gasteiger partial charge < -0.3 is 20.0 Å². The Morgan fingerprint density at radius 2 is 1.95 bits per heavy atom.